The molecule has 0 aromatic heterocycles. The first kappa shape index (κ1) is 22.2. The normalized spacial score (nSPS) is 35.5. The van der Waals surface area contributed by atoms with E-state index >= 15 is 0 Å². The van der Waals surface area contributed by atoms with Gasteiger partial charge in [0.1, 0.15) is 24.1 Å². The topological polar surface area (TPSA) is 129 Å². The molecule has 0 aromatic rings. The van der Waals surface area contributed by atoms with E-state index in [-0.39, 0.29) is 35.3 Å². The first-order chi connectivity index (χ1) is 13.8. The maximum Gasteiger partial charge on any atom is 0.343 e. The van der Waals surface area contributed by atoms with Crippen molar-refractivity contribution in [2.45, 2.75) is 70.1 Å². The summed E-state index contributed by atoms with van der Waals surface area (Å²) in [5, 5.41) is 22.1. The minimum atomic E-state index is -1.91. The number of carbonyl (C=O) groups is 3. The molecule has 9 heteroatoms. The number of aliphatic hydroxyl groups is 2. The second-order valence-corrected chi connectivity index (χ2v) is 8.42. The molecule has 30 heavy (non-hydrogen) atoms. The minimum Gasteiger partial charge on any atom is -0.461 e. The Kier molecular flexibility index (Phi) is 5.43. The van der Waals surface area contributed by atoms with Crippen LogP contribution in [0.1, 0.15) is 47.0 Å². The van der Waals surface area contributed by atoms with E-state index < -0.39 is 47.6 Å². The third-order valence-corrected chi connectivity index (χ3v) is 5.60. The first-order valence-electron chi connectivity index (χ1n) is 9.60. The van der Waals surface area contributed by atoms with Crippen LogP contribution in [0.15, 0.2) is 35.1 Å². The lowest BCUT2D eigenvalue weighted by atomic mass is 9.82. The standard InChI is InChI=1S/C21H26O9/c1-11(2)17(23)28-15-9-20(5,25)21(26)7-6-19(4,30-21)8-14-16(15)13(18(24)29-14)10-27-12(3)22/h8,15,25-26H,1,6-7,9-10H2,2-5H3/t15?,19-,20-,21+/m1/s1. The number of hydrogen-bond acceptors (Lipinski definition) is 9. The zero-order valence-corrected chi connectivity index (χ0v) is 17.4. The molecule has 9 nitrogen and oxygen atoms in total. The first-order valence-corrected chi connectivity index (χ1v) is 9.60. The van der Waals surface area contributed by atoms with Crippen molar-refractivity contribution in [2.75, 3.05) is 6.61 Å². The Morgan fingerprint density at radius 2 is 1.93 bits per heavy atom. The number of rotatable bonds is 4. The van der Waals surface area contributed by atoms with Crippen molar-refractivity contribution in [2.24, 2.45) is 0 Å². The molecule has 1 unspecified atom stereocenters. The molecule has 0 aliphatic carbocycles. The van der Waals surface area contributed by atoms with Gasteiger partial charge in [-0.2, -0.15) is 0 Å². The van der Waals surface area contributed by atoms with E-state index in [4.69, 9.17) is 18.9 Å². The summed E-state index contributed by atoms with van der Waals surface area (Å²) in [6.07, 6.45) is 0.495. The van der Waals surface area contributed by atoms with Gasteiger partial charge >= 0.3 is 17.9 Å². The van der Waals surface area contributed by atoms with E-state index in [1.165, 1.54) is 26.8 Å². The van der Waals surface area contributed by atoms with Gasteiger partial charge in [0.05, 0.1) is 11.2 Å². The van der Waals surface area contributed by atoms with Crippen LogP contribution >= 0.6 is 0 Å². The number of fused-ring (bicyclic) bond motifs is 3. The summed E-state index contributed by atoms with van der Waals surface area (Å²) < 4.78 is 21.7. The Bertz CT molecular complexity index is 881. The third kappa shape index (κ3) is 3.92. The van der Waals surface area contributed by atoms with Gasteiger partial charge in [0.15, 0.2) is 5.79 Å². The van der Waals surface area contributed by atoms with Gasteiger partial charge in [-0.1, -0.05) is 6.58 Å². The average Bonchev–Trinajstić information content (AvgIpc) is 3.09. The largest absolute Gasteiger partial charge is 0.461 e. The van der Waals surface area contributed by atoms with Crippen LogP contribution in [0.4, 0.5) is 0 Å². The Balaban J connectivity index is 2.17. The zero-order valence-electron chi connectivity index (χ0n) is 17.4. The molecule has 3 rings (SSSR count). The Labute approximate surface area is 173 Å². The lowest BCUT2D eigenvalue weighted by molar-refractivity contribution is -0.298. The van der Waals surface area contributed by atoms with E-state index in [0.29, 0.717) is 6.42 Å². The fraction of sp³-hybridized carbons (Fsp3) is 0.571. The molecule has 2 bridgehead atoms. The Morgan fingerprint density at radius 1 is 1.27 bits per heavy atom. The van der Waals surface area contributed by atoms with Crippen LogP contribution in [-0.4, -0.2) is 57.8 Å². The van der Waals surface area contributed by atoms with Gasteiger partial charge < -0.3 is 29.2 Å². The quantitative estimate of drug-likeness (QED) is 0.390. The summed E-state index contributed by atoms with van der Waals surface area (Å²) in [4.78, 5) is 36.1. The van der Waals surface area contributed by atoms with Crippen molar-refractivity contribution >= 4 is 17.9 Å². The highest BCUT2D eigenvalue weighted by Gasteiger charge is 2.58. The van der Waals surface area contributed by atoms with Gasteiger partial charge in [0.25, 0.3) is 0 Å². The average molecular weight is 422 g/mol. The molecule has 0 saturated carbocycles. The van der Waals surface area contributed by atoms with Gasteiger partial charge in [-0.25, -0.2) is 9.59 Å². The summed E-state index contributed by atoms with van der Waals surface area (Å²) in [5.41, 5.74) is -2.64. The molecule has 0 radical (unpaired) electrons. The number of esters is 3. The molecule has 3 aliphatic rings. The Hall–Kier alpha value is -2.49. The second-order valence-electron chi connectivity index (χ2n) is 8.42. The summed E-state index contributed by atoms with van der Waals surface area (Å²) in [6.45, 7) is 8.86. The predicted octanol–water partition coefficient (Wildman–Crippen LogP) is 1.19. The maximum absolute atomic E-state index is 12.5. The minimum absolute atomic E-state index is 0.0138. The maximum atomic E-state index is 12.5. The van der Waals surface area contributed by atoms with E-state index in [9.17, 15) is 24.6 Å². The lowest BCUT2D eigenvalue weighted by Crippen LogP contribution is -2.54. The van der Waals surface area contributed by atoms with Crippen molar-refractivity contribution in [1.29, 1.82) is 0 Å². The van der Waals surface area contributed by atoms with Crippen molar-refractivity contribution in [1.82, 2.24) is 0 Å². The molecular weight excluding hydrogens is 396 g/mol. The van der Waals surface area contributed by atoms with E-state index in [1.807, 2.05) is 0 Å². The summed E-state index contributed by atoms with van der Waals surface area (Å²) in [7, 11) is 0. The smallest absolute Gasteiger partial charge is 0.343 e. The van der Waals surface area contributed by atoms with Crippen molar-refractivity contribution in [3.63, 3.8) is 0 Å². The molecule has 0 amide bonds. The van der Waals surface area contributed by atoms with Gasteiger partial charge in [-0.05, 0) is 33.3 Å². The highest BCUT2D eigenvalue weighted by molar-refractivity contribution is 5.96. The van der Waals surface area contributed by atoms with Crippen LogP contribution in [0.25, 0.3) is 0 Å². The molecule has 1 saturated heterocycles. The van der Waals surface area contributed by atoms with E-state index in [0.717, 1.165) is 0 Å². The van der Waals surface area contributed by atoms with Crippen LogP contribution < -0.4 is 0 Å². The fourth-order valence-corrected chi connectivity index (χ4v) is 3.86. The summed E-state index contributed by atoms with van der Waals surface area (Å²) >= 11 is 0. The number of carbonyl (C=O) groups excluding carboxylic acids is 3. The molecular formula is C21H26O9. The molecule has 0 spiro atoms. The highest BCUT2D eigenvalue weighted by atomic mass is 16.7. The molecule has 3 heterocycles. The zero-order chi connectivity index (χ0) is 22.5. The van der Waals surface area contributed by atoms with Gasteiger partial charge in [0, 0.05) is 30.9 Å². The molecule has 0 aromatic carbocycles. The van der Waals surface area contributed by atoms with Crippen molar-refractivity contribution in [3.8, 4) is 0 Å². The second kappa shape index (κ2) is 7.33. The van der Waals surface area contributed by atoms with Crippen molar-refractivity contribution < 1.29 is 43.5 Å². The predicted molar refractivity (Wildman–Crippen MR) is 101 cm³/mol. The van der Waals surface area contributed by atoms with Gasteiger partial charge in [0.2, 0.25) is 0 Å². The summed E-state index contributed by atoms with van der Waals surface area (Å²) in [5.74, 6) is -3.96. The van der Waals surface area contributed by atoms with Crippen LogP contribution in [0.3, 0.4) is 0 Å². The molecule has 3 aliphatic heterocycles. The van der Waals surface area contributed by atoms with Crippen LogP contribution in [0.2, 0.25) is 0 Å². The number of ether oxygens (including phenoxy) is 4. The van der Waals surface area contributed by atoms with Gasteiger partial charge in [-0.15, -0.1) is 0 Å². The van der Waals surface area contributed by atoms with Crippen molar-refractivity contribution in [3.05, 3.63) is 35.1 Å². The molecule has 2 N–H and O–H groups in total. The number of hydrogen-bond donors (Lipinski definition) is 2. The molecule has 1 fully saturated rings. The monoisotopic (exact) mass is 422 g/mol. The Morgan fingerprint density at radius 3 is 2.53 bits per heavy atom. The SMILES string of the molecule is C=C(C)C(=O)OC1C[C@@](C)(O)[C@]2(O)CC[C@](C)(C=C3OC(=O)C(COC(C)=O)=C31)O2. The van der Waals surface area contributed by atoms with E-state index in [1.54, 1.807) is 6.92 Å². The molecule has 164 valence electrons. The van der Waals surface area contributed by atoms with Crippen LogP contribution in [0.5, 0.6) is 0 Å². The highest BCUT2D eigenvalue weighted by Crippen LogP contribution is 2.49. The fourth-order valence-electron chi connectivity index (χ4n) is 3.86. The van der Waals surface area contributed by atoms with E-state index in [2.05, 4.69) is 6.58 Å². The van der Waals surface area contributed by atoms with Crippen LogP contribution in [-0.2, 0) is 33.3 Å². The lowest BCUT2D eigenvalue weighted by Gasteiger charge is -2.40. The van der Waals surface area contributed by atoms with Crippen LogP contribution in [0, 0.1) is 0 Å². The molecule has 4 atom stereocenters. The third-order valence-electron chi connectivity index (χ3n) is 5.60. The summed E-state index contributed by atoms with van der Waals surface area (Å²) in [6, 6.07) is 0. The van der Waals surface area contributed by atoms with Gasteiger partial charge in [-0.3, -0.25) is 4.79 Å².